The molecule has 5 rings (SSSR count). The Balaban J connectivity index is 1.34. The van der Waals surface area contributed by atoms with Crippen molar-refractivity contribution in [1.29, 1.82) is 0 Å². The molecular weight excluding hydrogens is 426 g/mol. The predicted molar refractivity (Wildman–Crippen MR) is 124 cm³/mol. The van der Waals surface area contributed by atoms with Crippen molar-refractivity contribution in [3.8, 4) is 11.4 Å². The van der Waals surface area contributed by atoms with Gasteiger partial charge in [-0.25, -0.2) is 0 Å². The zero-order valence-electron chi connectivity index (χ0n) is 17.4. The van der Waals surface area contributed by atoms with Crippen LogP contribution < -0.4 is 10.1 Å². The summed E-state index contributed by atoms with van der Waals surface area (Å²) in [5, 5.41) is 17.2. The van der Waals surface area contributed by atoms with Crippen molar-refractivity contribution in [1.82, 2.24) is 20.2 Å². The van der Waals surface area contributed by atoms with Gasteiger partial charge in [0.2, 0.25) is 11.1 Å². The zero-order valence-corrected chi connectivity index (χ0v) is 18.2. The SMILES string of the molecule is COc1cc2c(cc1NC(=O)CSc1nnnn1-c1ccc(C)cc1)oc1ccccc12. The monoisotopic (exact) mass is 445 g/mol. The van der Waals surface area contributed by atoms with Gasteiger partial charge in [-0.1, -0.05) is 47.7 Å². The molecule has 9 heteroatoms. The van der Waals surface area contributed by atoms with E-state index in [0.29, 0.717) is 22.2 Å². The van der Waals surface area contributed by atoms with Gasteiger partial charge >= 0.3 is 0 Å². The first kappa shape index (κ1) is 20.1. The van der Waals surface area contributed by atoms with Crippen LogP contribution in [0.2, 0.25) is 0 Å². The van der Waals surface area contributed by atoms with Gasteiger partial charge in [0.1, 0.15) is 16.9 Å². The van der Waals surface area contributed by atoms with Crippen LogP contribution in [0.5, 0.6) is 5.75 Å². The molecule has 2 heterocycles. The lowest BCUT2D eigenvalue weighted by molar-refractivity contribution is -0.113. The average molecular weight is 446 g/mol. The number of hydrogen-bond acceptors (Lipinski definition) is 7. The molecule has 0 saturated carbocycles. The minimum absolute atomic E-state index is 0.132. The molecule has 5 aromatic rings. The van der Waals surface area contributed by atoms with Gasteiger partial charge in [0.25, 0.3) is 0 Å². The van der Waals surface area contributed by atoms with Gasteiger partial charge < -0.3 is 14.5 Å². The van der Waals surface area contributed by atoms with Crippen LogP contribution >= 0.6 is 11.8 Å². The van der Waals surface area contributed by atoms with Crippen LogP contribution in [-0.2, 0) is 4.79 Å². The summed E-state index contributed by atoms with van der Waals surface area (Å²) in [5.41, 5.74) is 3.99. The fraction of sp³-hybridized carbons (Fsp3) is 0.130. The van der Waals surface area contributed by atoms with Gasteiger partial charge in [0.15, 0.2) is 0 Å². The highest BCUT2D eigenvalue weighted by molar-refractivity contribution is 7.99. The van der Waals surface area contributed by atoms with E-state index < -0.39 is 0 Å². The lowest BCUT2D eigenvalue weighted by Gasteiger charge is -2.10. The van der Waals surface area contributed by atoms with Gasteiger partial charge in [-0.2, -0.15) is 4.68 Å². The molecule has 2 aromatic heterocycles. The first-order chi connectivity index (χ1) is 15.6. The number of hydrogen-bond donors (Lipinski definition) is 1. The van der Waals surface area contributed by atoms with E-state index >= 15 is 0 Å². The second kappa shape index (κ2) is 8.35. The highest BCUT2D eigenvalue weighted by Crippen LogP contribution is 2.36. The maximum absolute atomic E-state index is 12.7. The van der Waals surface area contributed by atoms with Crippen LogP contribution in [0.4, 0.5) is 5.69 Å². The molecule has 0 aliphatic rings. The molecule has 1 amide bonds. The maximum Gasteiger partial charge on any atom is 0.234 e. The zero-order chi connectivity index (χ0) is 22.1. The number of ether oxygens (including phenoxy) is 1. The number of amides is 1. The Labute approximate surface area is 187 Å². The summed E-state index contributed by atoms with van der Waals surface area (Å²) in [6, 6.07) is 19.3. The van der Waals surface area contributed by atoms with Gasteiger partial charge in [0, 0.05) is 16.8 Å². The highest BCUT2D eigenvalue weighted by Gasteiger charge is 2.16. The van der Waals surface area contributed by atoms with Crippen LogP contribution in [0.25, 0.3) is 27.6 Å². The molecule has 3 aromatic carbocycles. The minimum atomic E-state index is -0.206. The van der Waals surface area contributed by atoms with Crippen molar-refractivity contribution >= 4 is 45.3 Å². The van der Waals surface area contributed by atoms with E-state index in [9.17, 15) is 4.79 Å². The molecular formula is C23H19N5O3S. The molecule has 0 saturated heterocycles. The molecule has 8 nitrogen and oxygen atoms in total. The normalized spacial score (nSPS) is 11.2. The van der Waals surface area contributed by atoms with Gasteiger partial charge in [-0.05, 0) is 41.6 Å². The topological polar surface area (TPSA) is 95.1 Å². The van der Waals surface area contributed by atoms with Crippen LogP contribution in [0.1, 0.15) is 5.56 Å². The summed E-state index contributed by atoms with van der Waals surface area (Å²) >= 11 is 1.25. The molecule has 0 bridgehead atoms. The number of methoxy groups -OCH3 is 1. The molecule has 0 unspecified atom stereocenters. The van der Waals surface area contributed by atoms with Crippen molar-refractivity contribution in [3.63, 3.8) is 0 Å². The number of carbonyl (C=O) groups is 1. The second-order valence-corrected chi connectivity index (χ2v) is 8.14. The fourth-order valence-corrected chi connectivity index (χ4v) is 4.14. The van der Waals surface area contributed by atoms with Crippen LogP contribution in [0.3, 0.4) is 0 Å². The molecule has 0 radical (unpaired) electrons. The summed E-state index contributed by atoms with van der Waals surface area (Å²) in [7, 11) is 1.57. The maximum atomic E-state index is 12.7. The lowest BCUT2D eigenvalue weighted by atomic mass is 10.1. The number of tetrazole rings is 1. The van der Waals surface area contributed by atoms with Crippen LogP contribution in [0, 0.1) is 6.92 Å². The van der Waals surface area contributed by atoms with E-state index in [1.807, 2.05) is 61.5 Å². The number of thioether (sulfide) groups is 1. The van der Waals surface area contributed by atoms with E-state index in [-0.39, 0.29) is 11.7 Å². The summed E-state index contributed by atoms with van der Waals surface area (Å²) in [6.45, 7) is 2.01. The summed E-state index contributed by atoms with van der Waals surface area (Å²) in [5.74, 6) is 0.488. The van der Waals surface area contributed by atoms with E-state index in [1.165, 1.54) is 11.8 Å². The molecule has 0 aliphatic carbocycles. The lowest BCUT2D eigenvalue weighted by Crippen LogP contribution is -2.15. The Morgan fingerprint density at radius 1 is 1.09 bits per heavy atom. The van der Waals surface area contributed by atoms with Crippen LogP contribution in [-0.4, -0.2) is 39.0 Å². The van der Waals surface area contributed by atoms with Crippen LogP contribution in [0.15, 0.2) is 70.2 Å². The number of aromatic nitrogens is 4. The summed E-state index contributed by atoms with van der Waals surface area (Å²) in [6.07, 6.45) is 0. The Morgan fingerprint density at radius 2 is 1.91 bits per heavy atom. The van der Waals surface area contributed by atoms with Gasteiger partial charge in [0.05, 0.1) is 24.2 Å². The van der Waals surface area contributed by atoms with E-state index in [0.717, 1.165) is 27.6 Å². The number of para-hydroxylation sites is 1. The number of benzene rings is 3. The molecule has 32 heavy (non-hydrogen) atoms. The molecule has 0 atom stereocenters. The van der Waals surface area contributed by atoms with E-state index in [2.05, 4.69) is 20.8 Å². The molecule has 0 aliphatic heterocycles. The number of aryl methyl sites for hydroxylation is 1. The first-order valence-electron chi connectivity index (χ1n) is 9.90. The standard InChI is InChI=1S/C23H19N5O3S/c1-14-7-9-15(10-8-14)28-23(25-26-27-28)32-13-22(29)24-18-12-20-17(11-21(18)30-2)16-5-3-4-6-19(16)31-20/h3-12H,13H2,1-2H3,(H,24,29). The number of carbonyl (C=O) groups excluding carboxylic acids is 1. The molecule has 1 N–H and O–H groups in total. The highest BCUT2D eigenvalue weighted by atomic mass is 32.2. The second-order valence-electron chi connectivity index (χ2n) is 7.19. The number of nitrogens with one attached hydrogen (secondary N) is 1. The molecule has 0 spiro atoms. The Kier molecular flexibility index (Phi) is 5.24. The minimum Gasteiger partial charge on any atom is -0.495 e. The number of anilines is 1. The summed E-state index contributed by atoms with van der Waals surface area (Å²) < 4.78 is 13.0. The number of fused-ring (bicyclic) bond motifs is 3. The third kappa shape index (κ3) is 3.78. The Hall–Kier alpha value is -3.85. The largest absolute Gasteiger partial charge is 0.495 e. The fourth-order valence-electron chi connectivity index (χ4n) is 3.45. The Bertz CT molecular complexity index is 1430. The first-order valence-corrected chi connectivity index (χ1v) is 10.9. The average Bonchev–Trinajstić information content (AvgIpc) is 3.41. The van der Waals surface area contributed by atoms with Crippen molar-refractivity contribution in [2.45, 2.75) is 12.1 Å². The predicted octanol–water partition coefficient (Wildman–Crippen LogP) is 4.61. The smallest absolute Gasteiger partial charge is 0.234 e. The number of furan rings is 1. The quantitative estimate of drug-likeness (QED) is 0.381. The third-order valence-corrected chi connectivity index (χ3v) is 5.94. The summed E-state index contributed by atoms with van der Waals surface area (Å²) in [4.78, 5) is 12.7. The van der Waals surface area contributed by atoms with E-state index in [1.54, 1.807) is 17.9 Å². The molecule has 160 valence electrons. The van der Waals surface area contributed by atoms with Crippen molar-refractivity contribution in [2.24, 2.45) is 0 Å². The van der Waals surface area contributed by atoms with Gasteiger partial charge in [-0.3, -0.25) is 4.79 Å². The Morgan fingerprint density at radius 3 is 2.72 bits per heavy atom. The van der Waals surface area contributed by atoms with E-state index in [4.69, 9.17) is 9.15 Å². The number of nitrogens with zero attached hydrogens (tertiary/aromatic N) is 4. The van der Waals surface area contributed by atoms with Crippen molar-refractivity contribution in [2.75, 3.05) is 18.2 Å². The third-order valence-electron chi connectivity index (χ3n) is 5.02. The van der Waals surface area contributed by atoms with Crippen molar-refractivity contribution < 1.29 is 13.9 Å². The van der Waals surface area contributed by atoms with Gasteiger partial charge in [-0.15, -0.1) is 5.10 Å². The molecule has 0 fully saturated rings. The number of rotatable bonds is 6. The van der Waals surface area contributed by atoms with Crippen molar-refractivity contribution in [3.05, 3.63) is 66.2 Å².